The van der Waals surface area contributed by atoms with Crippen molar-refractivity contribution in [2.24, 2.45) is 5.41 Å². The Kier molecular flexibility index (Phi) is 8.11. The van der Waals surface area contributed by atoms with Gasteiger partial charge in [-0.3, -0.25) is 4.79 Å². The molecule has 0 unspecified atom stereocenters. The highest BCUT2D eigenvalue weighted by molar-refractivity contribution is 5.80. The van der Waals surface area contributed by atoms with E-state index in [1.807, 2.05) is 13.8 Å². The first-order valence-electron chi connectivity index (χ1n) is 6.07. The highest BCUT2D eigenvalue weighted by Crippen LogP contribution is 2.18. The minimum Gasteiger partial charge on any atom is -0.465 e. The molecule has 0 aromatic rings. The van der Waals surface area contributed by atoms with Gasteiger partial charge in [0.1, 0.15) is 6.54 Å². The zero-order chi connectivity index (χ0) is 14.0. The fraction of sp³-hybridized carbons (Fsp3) is 0.833. The molecule has 0 aromatic heterocycles. The lowest BCUT2D eigenvalue weighted by atomic mass is 9.90. The van der Waals surface area contributed by atoms with Crippen LogP contribution in [0.4, 0.5) is 4.79 Å². The monoisotopic (exact) mass is 260 g/mol. The van der Waals surface area contributed by atoms with Gasteiger partial charge in [-0.05, 0) is 18.8 Å². The molecule has 0 rings (SSSR count). The topological polar surface area (TPSA) is 76.7 Å². The van der Waals surface area contributed by atoms with Crippen molar-refractivity contribution in [1.82, 2.24) is 10.6 Å². The maximum Gasteiger partial charge on any atom is 0.325 e. The number of hydrogen-bond acceptors (Lipinski definition) is 4. The average Bonchev–Trinajstić information content (AvgIpc) is 2.32. The highest BCUT2D eigenvalue weighted by atomic mass is 16.5. The van der Waals surface area contributed by atoms with Gasteiger partial charge in [-0.1, -0.05) is 13.8 Å². The first-order chi connectivity index (χ1) is 8.41. The summed E-state index contributed by atoms with van der Waals surface area (Å²) in [6.45, 7) is 7.17. The smallest absolute Gasteiger partial charge is 0.325 e. The molecule has 0 heterocycles. The van der Waals surface area contributed by atoms with Gasteiger partial charge in [-0.25, -0.2) is 4.79 Å². The van der Waals surface area contributed by atoms with E-state index in [1.165, 1.54) is 0 Å². The van der Waals surface area contributed by atoms with E-state index in [9.17, 15) is 9.59 Å². The van der Waals surface area contributed by atoms with Crippen LogP contribution in [0.15, 0.2) is 0 Å². The van der Waals surface area contributed by atoms with Gasteiger partial charge in [0.2, 0.25) is 0 Å². The lowest BCUT2D eigenvalue weighted by Gasteiger charge is -2.24. The number of urea groups is 1. The van der Waals surface area contributed by atoms with Crippen LogP contribution in [0.2, 0.25) is 0 Å². The van der Waals surface area contributed by atoms with E-state index < -0.39 is 5.97 Å². The number of carbonyl (C=O) groups is 2. The Morgan fingerprint density at radius 3 is 2.44 bits per heavy atom. The van der Waals surface area contributed by atoms with Crippen molar-refractivity contribution in [2.45, 2.75) is 27.2 Å². The maximum absolute atomic E-state index is 11.4. The predicted octanol–water partition coefficient (Wildman–Crippen LogP) is 0.911. The summed E-state index contributed by atoms with van der Waals surface area (Å²) >= 11 is 0. The molecule has 106 valence electrons. The van der Waals surface area contributed by atoms with Gasteiger partial charge in [0, 0.05) is 20.3 Å². The quantitative estimate of drug-likeness (QED) is 0.636. The second kappa shape index (κ2) is 8.74. The molecular formula is C12H24N2O4. The predicted molar refractivity (Wildman–Crippen MR) is 68.3 cm³/mol. The van der Waals surface area contributed by atoms with Crippen LogP contribution in [0.5, 0.6) is 0 Å². The van der Waals surface area contributed by atoms with E-state index in [2.05, 4.69) is 10.6 Å². The van der Waals surface area contributed by atoms with Crippen LogP contribution in [-0.4, -0.2) is 45.4 Å². The van der Waals surface area contributed by atoms with E-state index >= 15 is 0 Å². The zero-order valence-electron chi connectivity index (χ0n) is 11.7. The molecule has 6 nitrogen and oxygen atoms in total. The number of esters is 1. The molecule has 2 N–H and O–H groups in total. The van der Waals surface area contributed by atoms with Gasteiger partial charge < -0.3 is 20.1 Å². The number of carbonyl (C=O) groups excluding carboxylic acids is 2. The van der Waals surface area contributed by atoms with Crippen molar-refractivity contribution in [1.29, 1.82) is 0 Å². The summed E-state index contributed by atoms with van der Waals surface area (Å²) < 4.78 is 9.69. The summed E-state index contributed by atoms with van der Waals surface area (Å²) in [5.74, 6) is -0.439. The third-order valence-electron chi connectivity index (χ3n) is 2.41. The summed E-state index contributed by atoms with van der Waals surface area (Å²) in [7, 11) is 1.65. The Labute approximate surface area is 108 Å². The molecule has 0 spiro atoms. The molecule has 0 aliphatic carbocycles. The first kappa shape index (κ1) is 16.7. The first-order valence-corrected chi connectivity index (χ1v) is 6.07. The Morgan fingerprint density at radius 1 is 1.22 bits per heavy atom. The van der Waals surface area contributed by atoms with Gasteiger partial charge in [0.25, 0.3) is 0 Å². The number of amides is 2. The van der Waals surface area contributed by atoms with Crippen molar-refractivity contribution >= 4 is 12.0 Å². The molecule has 0 bridgehead atoms. The number of rotatable bonds is 8. The van der Waals surface area contributed by atoms with Gasteiger partial charge in [0.15, 0.2) is 0 Å². The largest absolute Gasteiger partial charge is 0.465 e. The van der Waals surface area contributed by atoms with Crippen LogP contribution in [0, 0.1) is 5.41 Å². The Hall–Kier alpha value is -1.30. The Bertz CT molecular complexity index is 267. The molecule has 0 aliphatic heterocycles. The minimum atomic E-state index is -0.439. The molecule has 0 saturated heterocycles. The number of nitrogens with one attached hydrogen (secondary N) is 2. The molecule has 2 amide bonds. The van der Waals surface area contributed by atoms with Crippen molar-refractivity contribution in [3.63, 3.8) is 0 Å². The molecule has 18 heavy (non-hydrogen) atoms. The highest BCUT2D eigenvalue weighted by Gasteiger charge is 2.18. The molecule has 0 saturated carbocycles. The summed E-state index contributed by atoms with van der Waals surface area (Å²) in [6.07, 6.45) is 0.849. The van der Waals surface area contributed by atoms with E-state index in [1.54, 1.807) is 14.0 Å². The van der Waals surface area contributed by atoms with Crippen LogP contribution in [-0.2, 0) is 14.3 Å². The molecule has 6 heteroatoms. The van der Waals surface area contributed by atoms with E-state index in [0.717, 1.165) is 6.42 Å². The Morgan fingerprint density at radius 2 is 1.89 bits per heavy atom. The van der Waals surface area contributed by atoms with Crippen molar-refractivity contribution in [3.8, 4) is 0 Å². The molecular weight excluding hydrogens is 236 g/mol. The van der Waals surface area contributed by atoms with Gasteiger partial charge in [-0.2, -0.15) is 0 Å². The minimum absolute atomic E-state index is 0.0444. The number of hydrogen-bond donors (Lipinski definition) is 2. The van der Waals surface area contributed by atoms with Crippen molar-refractivity contribution in [3.05, 3.63) is 0 Å². The molecule has 0 fully saturated rings. The fourth-order valence-corrected chi connectivity index (χ4v) is 1.21. The zero-order valence-corrected chi connectivity index (χ0v) is 11.7. The maximum atomic E-state index is 11.4. The van der Waals surface area contributed by atoms with Gasteiger partial charge >= 0.3 is 12.0 Å². The lowest BCUT2D eigenvalue weighted by molar-refractivity contribution is -0.141. The summed E-state index contributed by atoms with van der Waals surface area (Å²) in [5, 5.41) is 5.16. The third-order valence-corrected chi connectivity index (χ3v) is 2.41. The average molecular weight is 260 g/mol. The number of ether oxygens (including phenoxy) is 2. The summed E-state index contributed by atoms with van der Waals surface area (Å²) in [6, 6.07) is -0.367. The van der Waals surface area contributed by atoms with Gasteiger partial charge in [-0.15, -0.1) is 0 Å². The van der Waals surface area contributed by atoms with Crippen molar-refractivity contribution < 1.29 is 19.1 Å². The summed E-state index contributed by atoms with van der Waals surface area (Å²) in [5.41, 5.74) is -0.0444. The van der Waals surface area contributed by atoms with Crippen LogP contribution in [0.25, 0.3) is 0 Å². The standard InChI is InChI=1S/C12H24N2O4/c1-5-18-10(15)8-13-11(16)14-9-12(2,3)6-7-17-4/h5-9H2,1-4H3,(H2,13,14,16). The van der Waals surface area contributed by atoms with E-state index in [4.69, 9.17) is 9.47 Å². The normalized spacial score (nSPS) is 10.9. The van der Waals surface area contributed by atoms with Gasteiger partial charge in [0.05, 0.1) is 6.61 Å². The SMILES string of the molecule is CCOC(=O)CNC(=O)NCC(C)(C)CCOC. The lowest BCUT2D eigenvalue weighted by Crippen LogP contribution is -2.43. The summed E-state index contributed by atoms with van der Waals surface area (Å²) in [4.78, 5) is 22.4. The molecule has 0 atom stereocenters. The van der Waals surface area contributed by atoms with Crippen LogP contribution < -0.4 is 10.6 Å². The second-order valence-electron chi connectivity index (χ2n) is 4.75. The molecule has 0 radical (unpaired) electrons. The van der Waals surface area contributed by atoms with Crippen LogP contribution in [0.1, 0.15) is 27.2 Å². The van der Waals surface area contributed by atoms with Crippen LogP contribution >= 0.6 is 0 Å². The van der Waals surface area contributed by atoms with Crippen LogP contribution in [0.3, 0.4) is 0 Å². The van der Waals surface area contributed by atoms with E-state index in [-0.39, 0.29) is 18.0 Å². The van der Waals surface area contributed by atoms with Crippen molar-refractivity contribution in [2.75, 3.05) is 33.4 Å². The molecule has 0 aromatic carbocycles. The fourth-order valence-electron chi connectivity index (χ4n) is 1.21. The molecule has 0 aliphatic rings. The number of methoxy groups -OCH3 is 1. The Balaban J connectivity index is 3.78. The third kappa shape index (κ3) is 8.81. The van der Waals surface area contributed by atoms with E-state index in [0.29, 0.717) is 19.8 Å². The second-order valence-corrected chi connectivity index (χ2v) is 4.75.